The zero-order chi connectivity index (χ0) is 72.5. The van der Waals surface area contributed by atoms with E-state index in [4.69, 9.17) is 18.5 Å². The topological polar surface area (TPSA) is 111 Å². The lowest BCUT2D eigenvalue weighted by molar-refractivity contribution is -0.870. The summed E-state index contributed by atoms with van der Waals surface area (Å²) < 4.78 is 34.5. The highest BCUT2D eigenvalue weighted by Crippen LogP contribution is 2.38. The Labute approximate surface area is 622 Å². The van der Waals surface area contributed by atoms with E-state index in [0.717, 1.165) is 64.2 Å². The third-order valence-corrected chi connectivity index (χ3v) is 20.7. The third kappa shape index (κ3) is 84.4. The summed E-state index contributed by atoms with van der Waals surface area (Å²) in [4.78, 5) is 38.2. The molecule has 0 N–H and O–H groups in total. The predicted octanol–water partition coefficient (Wildman–Crippen LogP) is 28.8. The molecule has 0 amide bonds. The number of allylic oxidation sites excluding steroid dienone is 12. The number of carbonyl (C=O) groups is 2. The van der Waals surface area contributed by atoms with Crippen LogP contribution in [0.2, 0.25) is 0 Å². The van der Waals surface area contributed by atoms with E-state index in [0.29, 0.717) is 17.4 Å². The Balaban J connectivity index is 3.85. The van der Waals surface area contributed by atoms with E-state index in [2.05, 4.69) is 86.8 Å². The number of hydrogen-bond donors (Lipinski definition) is 0. The Morgan fingerprint density at radius 2 is 0.570 bits per heavy atom. The number of nitrogens with zero attached hydrogens (tertiary/aromatic N) is 1. The van der Waals surface area contributed by atoms with Crippen LogP contribution in [0, 0.1) is 0 Å². The second-order valence-electron chi connectivity index (χ2n) is 30.9. The van der Waals surface area contributed by atoms with Gasteiger partial charge in [0.05, 0.1) is 27.7 Å². The lowest BCUT2D eigenvalue weighted by Crippen LogP contribution is -2.37. The molecule has 0 bridgehead atoms. The first-order valence-electron chi connectivity index (χ1n) is 43.6. The van der Waals surface area contributed by atoms with E-state index >= 15 is 0 Å². The maximum Gasteiger partial charge on any atom is 0.306 e. The zero-order valence-electron chi connectivity index (χ0n) is 67.2. The molecule has 586 valence electrons. The molecular weight excluding hydrogens is 1250 g/mol. The fourth-order valence-corrected chi connectivity index (χ4v) is 13.8. The Kier molecular flexibility index (Phi) is 78.5. The van der Waals surface area contributed by atoms with E-state index in [1.54, 1.807) is 0 Å². The first-order valence-corrected chi connectivity index (χ1v) is 45.1. The van der Waals surface area contributed by atoms with Gasteiger partial charge >= 0.3 is 11.9 Å². The number of unbranched alkanes of at least 4 members (excludes halogenated alkanes) is 56. The van der Waals surface area contributed by atoms with Crippen LogP contribution in [0.15, 0.2) is 72.9 Å². The number of quaternary nitrogens is 1. The number of esters is 2. The van der Waals surface area contributed by atoms with Gasteiger partial charge in [-0.25, -0.2) is 0 Å². The molecule has 0 aromatic rings. The summed E-state index contributed by atoms with van der Waals surface area (Å²) in [5.74, 6) is -0.808. The van der Waals surface area contributed by atoms with Crippen LogP contribution in [0.1, 0.15) is 438 Å². The summed E-state index contributed by atoms with van der Waals surface area (Å²) in [6, 6.07) is 0. The summed E-state index contributed by atoms with van der Waals surface area (Å²) in [7, 11) is 1.19. The highest BCUT2D eigenvalue weighted by molar-refractivity contribution is 7.45. The molecule has 0 saturated carbocycles. The molecule has 2 unspecified atom stereocenters. The lowest BCUT2D eigenvalue weighted by atomic mass is 10.0. The van der Waals surface area contributed by atoms with Crippen molar-refractivity contribution in [3.05, 3.63) is 72.9 Å². The van der Waals surface area contributed by atoms with Gasteiger partial charge < -0.3 is 27.9 Å². The van der Waals surface area contributed by atoms with Crippen LogP contribution in [-0.4, -0.2) is 70.0 Å². The van der Waals surface area contributed by atoms with Crippen molar-refractivity contribution in [3.63, 3.8) is 0 Å². The Hall–Kier alpha value is -2.55. The minimum absolute atomic E-state index is 0.0284. The molecule has 0 aromatic heterocycles. The lowest BCUT2D eigenvalue weighted by Gasteiger charge is -2.28. The van der Waals surface area contributed by atoms with Crippen molar-refractivity contribution >= 4 is 19.8 Å². The molecule has 100 heavy (non-hydrogen) atoms. The fourth-order valence-electron chi connectivity index (χ4n) is 13.1. The third-order valence-electron chi connectivity index (χ3n) is 19.7. The van der Waals surface area contributed by atoms with Gasteiger partial charge in [0.1, 0.15) is 19.8 Å². The molecule has 0 heterocycles. The molecule has 0 fully saturated rings. The van der Waals surface area contributed by atoms with Crippen LogP contribution in [0.25, 0.3) is 0 Å². The van der Waals surface area contributed by atoms with Crippen molar-refractivity contribution in [2.24, 2.45) is 0 Å². The van der Waals surface area contributed by atoms with Crippen molar-refractivity contribution in [2.45, 2.75) is 444 Å². The standard InChI is InChI=1S/C90H168NO8P/c1-6-8-10-12-14-16-18-20-22-24-26-28-30-32-34-36-38-40-42-43-44-45-46-47-49-50-52-54-56-58-60-62-64-66-68-70-72-74-76-78-80-82-89(92)96-86-88(87-98-100(94,95)97-85-84-91(3,4)5)99-90(93)83-81-79-77-75-73-71-69-67-65-63-61-59-57-55-53-51-48-41-39-37-35-33-31-29-27-25-23-21-19-17-15-13-11-9-7-2/h9,11,15,17-18,20-21,23-24,26-27,29,88H,6-8,10,12-14,16,19,22,25,28,30-87H2,1-5H3/b11-9-,17-15-,20-18-,23-21-,26-24-,29-27-. The second kappa shape index (κ2) is 80.5. The van der Waals surface area contributed by atoms with Crippen LogP contribution in [0.4, 0.5) is 0 Å². The fraction of sp³-hybridized carbons (Fsp3) is 0.844. The normalized spacial score (nSPS) is 13.3. The Morgan fingerprint density at radius 3 is 0.850 bits per heavy atom. The summed E-state index contributed by atoms with van der Waals surface area (Å²) in [5, 5.41) is 0. The minimum Gasteiger partial charge on any atom is -0.756 e. The first-order chi connectivity index (χ1) is 49.0. The van der Waals surface area contributed by atoms with Gasteiger partial charge in [-0.2, -0.15) is 0 Å². The van der Waals surface area contributed by atoms with Crippen molar-refractivity contribution in [1.82, 2.24) is 0 Å². The molecule has 0 radical (unpaired) electrons. The van der Waals surface area contributed by atoms with Gasteiger partial charge in [-0.3, -0.25) is 14.2 Å². The summed E-state index contributed by atoms with van der Waals surface area (Å²) >= 11 is 0. The van der Waals surface area contributed by atoms with Gasteiger partial charge in [0.25, 0.3) is 7.82 Å². The van der Waals surface area contributed by atoms with Gasteiger partial charge in [-0.1, -0.05) is 414 Å². The number of likely N-dealkylation sites (N-methyl/N-ethyl adjacent to an activating group) is 1. The van der Waals surface area contributed by atoms with E-state index in [9.17, 15) is 19.0 Å². The summed E-state index contributed by atoms with van der Waals surface area (Å²) in [6.45, 7) is 4.19. The monoisotopic (exact) mass is 1420 g/mol. The number of rotatable bonds is 82. The number of ether oxygens (including phenoxy) is 2. The minimum atomic E-state index is -4.65. The van der Waals surface area contributed by atoms with Crippen LogP contribution in [-0.2, 0) is 32.7 Å². The van der Waals surface area contributed by atoms with Gasteiger partial charge in [0, 0.05) is 12.8 Å². The zero-order valence-corrected chi connectivity index (χ0v) is 68.1. The largest absolute Gasteiger partial charge is 0.756 e. The van der Waals surface area contributed by atoms with E-state index in [1.165, 1.54) is 340 Å². The van der Waals surface area contributed by atoms with Gasteiger partial charge in [0.2, 0.25) is 0 Å². The molecule has 2 atom stereocenters. The average molecular weight is 1420 g/mol. The molecule has 10 heteroatoms. The van der Waals surface area contributed by atoms with Crippen LogP contribution >= 0.6 is 7.82 Å². The van der Waals surface area contributed by atoms with Gasteiger partial charge in [-0.05, 0) is 83.5 Å². The number of hydrogen-bond acceptors (Lipinski definition) is 8. The van der Waals surface area contributed by atoms with Crippen molar-refractivity contribution in [1.29, 1.82) is 0 Å². The van der Waals surface area contributed by atoms with Gasteiger partial charge in [-0.15, -0.1) is 0 Å². The second-order valence-corrected chi connectivity index (χ2v) is 32.3. The Bertz CT molecular complexity index is 1920. The maximum atomic E-state index is 12.9. The highest BCUT2D eigenvalue weighted by atomic mass is 31.2. The molecule has 0 aliphatic carbocycles. The molecule has 0 spiro atoms. The molecule has 9 nitrogen and oxygen atoms in total. The van der Waals surface area contributed by atoms with Crippen LogP contribution in [0.5, 0.6) is 0 Å². The number of phosphoric acid groups is 1. The molecule has 0 saturated heterocycles. The van der Waals surface area contributed by atoms with Gasteiger partial charge in [0.15, 0.2) is 6.10 Å². The van der Waals surface area contributed by atoms with Crippen molar-refractivity contribution in [2.75, 3.05) is 47.5 Å². The quantitative estimate of drug-likeness (QED) is 0.0195. The SMILES string of the molecule is CC/C=C\C/C=C\C/C=C\C/C=C\CCCCCCCCCCCCCCCCCCCCCCCCC(=O)OC(COC(=O)CCCCCCCCCCCCCCCCCCCCCCCCCCCCCCC/C=C\C/C=C\CCCCCCC)COP(=O)([O-])OCC[N+](C)(C)C. The summed E-state index contributed by atoms with van der Waals surface area (Å²) in [5.41, 5.74) is 0. The molecule has 0 rings (SSSR count). The molecule has 0 aliphatic heterocycles. The van der Waals surface area contributed by atoms with Crippen molar-refractivity contribution in [3.8, 4) is 0 Å². The maximum absolute atomic E-state index is 12.9. The van der Waals surface area contributed by atoms with Crippen LogP contribution < -0.4 is 4.89 Å². The first kappa shape index (κ1) is 97.4. The van der Waals surface area contributed by atoms with E-state index < -0.39 is 26.5 Å². The predicted molar refractivity (Wildman–Crippen MR) is 434 cm³/mol. The van der Waals surface area contributed by atoms with E-state index in [-0.39, 0.29) is 32.0 Å². The molecular formula is C90H168NO8P. The van der Waals surface area contributed by atoms with Crippen molar-refractivity contribution < 1.29 is 42.1 Å². The number of phosphoric ester groups is 1. The van der Waals surface area contributed by atoms with E-state index in [1.807, 2.05) is 21.1 Å². The highest BCUT2D eigenvalue weighted by Gasteiger charge is 2.22. The van der Waals surface area contributed by atoms with Crippen LogP contribution in [0.3, 0.4) is 0 Å². The molecule has 0 aromatic carbocycles. The summed E-state index contributed by atoms with van der Waals surface area (Å²) in [6.07, 6.45) is 111. The Morgan fingerprint density at radius 1 is 0.320 bits per heavy atom. The molecule has 0 aliphatic rings. The smallest absolute Gasteiger partial charge is 0.306 e. The number of carbonyl (C=O) groups excluding carboxylic acids is 2. The average Bonchev–Trinajstić information content (AvgIpc) is 1.65.